The first-order valence-corrected chi connectivity index (χ1v) is 9.41. The summed E-state index contributed by atoms with van der Waals surface area (Å²) < 4.78 is 88.6. The van der Waals surface area contributed by atoms with Gasteiger partial charge in [0.05, 0.1) is 13.0 Å². The first-order chi connectivity index (χ1) is 15.2. The number of aliphatic imine (C=N–C) groups is 1. The number of hydrogen-bond acceptors (Lipinski definition) is 5. The second-order valence-electron chi connectivity index (χ2n) is 7.57. The van der Waals surface area contributed by atoms with E-state index < -0.39 is 53.4 Å². The molecule has 3 heterocycles. The van der Waals surface area contributed by atoms with Gasteiger partial charge in [0, 0.05) is 18.8 Å². The quantitative estimate of drug-likeness (QED) is 0.353. The van der Waals surface area contributed by atoms with Crippen LogP contribution in [0.15, 0.2) is 29.4 Å². The number of carbonyl (C=O) groups excluding carboxylic acids is 1. The second-order valence-corrected chi connectivity index (χ2v) is 7.57. The Hall–Kier alpha value is -3.49. The summed E-state index contributed by atoms with van der Waals surface area (Å²) in [5, 5.41) is 0. The molecule has 174 valence electrons. The van der Waals surface area contributed by atoms with E-state index in [1.54, 1.807) is 0 Å². The Balaban J connectivity index is 2.03. The number of halogens is 6. The molecule has 33 heavy (non-hydrogen) atoms. The van der Waals surface area contributed by atoms with Crippen molar-refractivity contribution < 1.29 is 35.9 Å². The van der Waals surface area contributed by atoms with E-state index in [0.29, 0.717) is 12.5 Å². The highest BCUT2D eigenvalue weighted by molar-refractivity contribution is 5.97. The molecule has 1 aliphatic heterocycles. The standard InChI is InChI=1S/C21H16F6N4O2/c1-10-7-13(28-4)9-29-16(10)15(32)8-12-5-6-14(22)17(30-12)19(3)20(23,24)18(21(25,26)27)33-11(2)31-19/h5-7,9,18H,8H2,1-3H3/t18-,19-/m1/s1. The molecular formula is C21H16F6N4O2. The Labute approximate surface area is 184 Å². The summed E-state index contributed by atoms with van der Waals surface area (Å²) in [7, 11) is 0. The summed E-state index contributed by atoms with van der Waals surface area (Å²) in [6.07, 6.45) is -8.35. The van der Waals surface area contributed by atoms with Gasteiger partial charge in [-0.1, -0.05) is 0 Å². The highest BCUT2D eigenvalue weighted by atomic mass is 19.4. The Morgan fingerprint density at radius 3 is 2.52 bits per heavy atom. The molecule has 2 aromatic heterocycles. The number of aromatic nitrogens is 2. The molecule has 0 N–H and O–H groups in total. The van der Waals surface area contributed by atoms with Crippen LogP contribution in [0.3, 0.4) is 0 Å². The van der Waals surface area contributed by atoms with Crippen molar-refractivity contribution in [3.05, 3.63) is 64.3 Å². The molecule has 3 rings (SSSR count). The number of rotatable bonds is 4. The molecule has 12 heteroatoms. The topological polar surface area (TPSA) is 68.8 Å². The van der Waals surface area contributed by atoms with Crippen molar-refractivity contribution in [1.29, 1.82) is 0 Å². The van der Waals surface area contributed by atoms with E-state index in [1.807, 2.05) is 0 Å². The van der Waals surface area contributed by atoms with E-state index in [1.165, 1.54) is 19.2 Å². The van der Waals surface area contributed by atoms with Crippen molar-refractivity contribution >= 4 is 17.4 Å². The molecule has 1 aliphatic rings. The van der Waals surface area contributed by atoms with Crippen LogP contribution in [0, 0.1) is 19.3 Å². The number of aryl methyl sites for hydroxylation is 1. The fraction of sp³-hybridized carbons (Fsp3) is 0.381. The lowest BCUT2D eigenvalue weighted by atomic mass is 9.84. The van der Waals surface area contributed by atoms with Crippen molar-refractivity contribution in [3.8, 4) is 0 Å². The van der Waals surface area contributed by atoms with E-state index in [2.05, 4.69) is 24.5 Å². The average molecular weight is 470 g/mol. The molecule has 6 nitrogen and oxygen atoms in total. The largest absolute Gasteiger partial charge is 0.462 e. The molecule has 0 saturated heterocycles. The molecule has 2 aromatic rings. The lowest BCUT2D eigenvalue weighted by Crippen LogP contribution is -2.61. The first-order valence-electron chi connectivity index (χ1n) is 9.41. The fourth-order valence-corrected chi connectivity index (χ4v) is 3.48. The molecular weight excluding hydrogens is 454 g/mol. The maximum Gasteiger partial charge on any atom is 0.431 e. The van der Waals surface area contributed by atoms with Gasteiger partial charge in [0.2, 0.25) is 5.69 Å². The molecule has 0 fully saturated rings. The Morgan fingerprint density at radius 2 is 1.94 bits per heavy atom. The van der Waals surface area contributed by atoms with Crippen molar-refractivity contribution in [3.63, 3.8) is 0 Å². The molecule has 0 amide bonds. The van der Waals surface area contributed by atoms with E-state index >= 15 is 0 Å². The Bertz CT molecular complexity index is 1190. The number of alkyl halides is 5. The molecule has 0 aliphatic carbocycles. The third-order valence-corrected chi connectivity index (χ3v) is 5.11. The van der Waals surface area contributed by atoms with Crippen LogP contribution in [-0.2, 0) is 16.7 Å². The van der Waals surface area contributed by atoms with Gasteiger partial charge in [-0.05, 0) is 37.6 Å². The number of nitrogens with zero attached hydrogens (tertiary/aromatic N) is 4. The molecule has 0 unspecified atom stereocenters. The SMILES string of the molecule is [C-]#[N+]c1cnc(C(=O)Cc2ccc(F)c([C@@]3(C)N=C(C)O[C@@H](C(F)(F)F)C3(F)F)n2)c(C)c1. The van der Waals surface area contributed by atoms with Gasteiger partial charge in [-0.25, -0.2) is 14.2 Å². The predicted molar refractivity (Wildman–Crippen MR) is 104 cm³/mol. The van der Waals surface area contributed by atoms with Crippen LogP contribution in [0.4, 0.5) is 32.0 Å². The van der Waals surface area contributed by atoms with Gasteiger partial charge in [0.25, 0.3) is 6.10 Å². The molecule has 0 aromatic carbocycles. The zero-order chi connectivity index (χ0) is 24.8. The lowest BCUT2D eigenvalue weighted by Gasteiger charge is -2.42. The van der Waals surface area contributed by atoms with Crippen LogP contribution in [0.2, 0.25) is 0 Å². The van der Waals surface area contributed by atoms with Crippen LogP contribution >= 0.6 is 0 Å². The van der Waals surface area contributed by atoms with Gasteiger partial charge >= 0.3 is 12.1 Å². The van der Waals surface area contributed by atoms with Crippen LogP contribution in [0.1, 0.15) is 41.3 Å². The van der Waals surface area contributed by atoms with Crippen LogP contribution in [0.5, 0.6) is 0 Å². The summed E-state index contributed by atoms with van der Waals surface area (Å²) in [5.74, 6) is -7.35. The number of carbonyl (C=O) groups is 1. The summed E-state index contributed by atoms with van der Waals surface area (Å²) in [6.45, 7) is 10.1. The minimum absolute atomic E-state index is 0.0105. The molecule has 2 atom stereocenters. The molecule has 0 spiro atoms. The number of hydrogen-bond donors (Lipinski definition) is 0. The maximum absolute atomic E-state index is 15.0. The monoisotopic (exact) mass is 470 g/mol. The smallest absolute Gasteiger partial charge is 0.431 e. The summed E-state index contributed by atoms with van der Waals surface area (Å²) >= 11 is 0. The van der Waals surface area contributed by atoms with E-state index in [-0.39, 0.29) is 17.1 Å². The first kappa shape index (κ1) is 24.2. The Kier molecular flexibility index (Phi) is 5.95. The van der Waals surface area contributed by atoms with Crippen molar-refractivity contribution in [2.24, 2.45) is 4.99 Å². The van der Waals surface area contributed by atoms with Crippen LogP contribution in [0.25, 0.3) is 4.85 Å². The van der Waals surface area contributed by atoms with Crippen LogP contribution < -0.4 is 0 Å². The number of Topliss-reactive ketones (excluding diaryl/α,β-unsaturated/α-hetero) is 1. The average Bonchev–Trinajstić information content (AvgIpc) is 2.71. The van der Waals surface area contributed by atoms with E-state index in [4.69, 9.17) is 6.57 Å². The molecule has 0 saturated carbocycles. The van der Waals surface area contributed by atoms with Gasteiger partial charge in [0.15, 0.2) is 17.2 Å². The highest BCUT2D eigenvalue weighted by Gasteiger charge is 2.70. The van der Waals surface area contributed by atoms with E-state index in [0.717, 1.165) is 19.1 Å². The molecule has 0 bridgehead atoms. The number of ether oxygens (including phenoxy) is 1. The van der Waals surface area contributed by atoms with Crippen molar-refractivity contribution in [1.82, 2.24) is 9.97 Å². The predicted octanol–water partition coefficient (Wildman–Crippen LogP) is 5.13. The Morgan fingerprint density at radius 1 is 1.27 bits per heavy atom. The van der Waals surface area contributed by atoms with Gasteiger partial charge in [-0.15, -0.1) is 0 Å². The van der Waals surface area contributed by atoms with Gasteiger partial charge in [-0.3, -0.25) is 14.8 Å². The summed E-state index contributed by atoms with van der Waals surface area (Å²) in [5.41, 5.74) is -3.71. The molecule has 0 radical (unpaired) electrons. The van der Waals surface area contributed by atoms with Crippen molar-refractivity contribution in [2.45, 2.75) is 50.9 Å². The third kappa shape index (κ3) is 4.27. The minimum atomic E-state index is -5.47. The number of pyridine rings is 2. The minimum Gasteiger partial charge on any atom is -0.462 e. The zero-order valence-corrected chi connectivity index (χ0v) is 17.5. The maximum atomic E-state index is 15.0. The van der Waals surface area contributed by atoms with Gasteiger partial charge in [-0.2, -0.15) is 22.0 Å². The fourth-order valence-electron chi connectivity index (χ4n) is 3.48. The number of ketones is 1. The third-order valence-electron chi connectivity index (χ3n) is 5.11. The van der Waals surface area contributed by atoms with Gasteiger partial charge < -0.3 is 4.74 Å². The van der Waals surface area contributed by atoms with Gasteiger partial charge in [0.1, 0.15) is 17.2 Å². The summed E-state index contributed by atoms with van der Waals surface area (Å²) in [4.78, 5) is 27.0. The van der Waals surface area contributed by atoms with E-state index in [9.17, 15) is 31.1 Å². The lowest BCUT2D eigenvalue weighted by molar-refractivity contribution is -0.287. The van der Waals surface area contributed by atoms with Crippen LogP contribution in [-0.4, -0.2) is 39.9 Å². The summed E-state index contributed by atoms with van der Waals surface area (Å²) in [6, 6.07) is 3.21. The zero-order valence-electron chi connectivity index (χ0n) is 17.5. The highest BCUT2D eigenvalue weighted by Crippen LogP contribution is 2.51. The van der Waals surface area contributed by atoms with Crippen molar-refractivity contribution in [2.75, 3.05) is 0 Å². The normalized spacial score (nSPS) is 22.2. The second kappa shape index (κ2) is 8.13.